The van der Waals surface area contributed by atoms with E-state index in [1.807, 2.05) is 0 Å². The summed E-state index contributed by atoms with van der Waals surface area (Å²) in [5, 5.41) is 28.4. The molecular weight excluding hydrogens is 176 g/mol. The lowest BCUT2D eigenvalue weighted by Gasteiger charge is -2.11. The van der Waals surface area contributed by atoms with Crippen LogP contribution in [-0.2, 0) is 0 Å². The van der Waals surface area contributed by atoms with Gasteiger partial charge in [0.1, 0.15) is 6.10 Å². The average Bonchev–Trinajstić information content (AvgIpc) is 2.55. The Kier molecular flexibility index (Phi) is 3.17. The van der Waals surface area contributed by atoms with Crippen LogP contribution in [-0.4, -0.2) is 21.3 Å². The molecule has 1 heterocycles. The molecule has 5 heteroatoms. The second-order valence-electron chi connectivity index (χ2n) is 2.29. The molecule has 1 aromatic heterocycles. The fraction of sp³-hybridized carbons (Fsp3) is 0.429. The number of rotatable bonds is 3. The first-order valence-corrected chi connectivity index (χ1v) is 4.31. The molecule has 0 aliphatic rings. The Hall–Kier alpha value is -0.960. The lowest BCUT2D eigenvalue weighted by molar-refractivity contribution is 0.0194. The Morgan fingerprint density at radius 3 is 2.92 bits per heavy atom. The van der Waals surface area contributed by atoms with Crippen LogP contribution < -0.4 is 0 Å². The summed E-state index contributed by atoms with van der Waals surface area (Å²) in [6.45, 7) is 0. The zero-order valence-corrected chi connectivity index (χ0v) is 7.03. The number of hydrogen-bond acceptors (Lipinski definition) is 5. The van der Waals surface area contributed by atoms with Gasteiger partial charge in [0.25, 0.3) is 0 Å². The molecule has 0 bridgehead atoms. The first-order chi connectivity index (χ1) is 5.75. The van der Waals surface area contributed by atoms with Gasteiger partial charge in [-0.25, -0.2) is 4.98 Å². The monoisotopic (exact) mass is 184 g/mol. The van der Waals surface area contributed by atoms with Gasteiger partial charge in [-0.05, 0) is 0 Å². The zero-order valence-electron chi connectivity index (χ0n) is 6.21. The van der Waals surface area contributed by atoms with E-state index >= 15 is 0 Å². The first kappa shape index (κ1) is 9.13. The number of aliphatic hydroxyl groups excluding tert-OH is 2. The minimum absolute atomic E-state index is 0.0846. The molecule has 0 fully saturated rings. The standard InChI is InChI=1S/C7H8N2O2S/c8-2-1-6(10)7(11)5-3-12-4-9-5/h3-4,6-7,10-11H,1H2. The largest absolute Gasteiger partial charge is 0.389 e. The lowest BCUT2D eigenvalue weighted by atomic mass is 10.1. The Morgan fingerprint density at radius 1 is 1.67 bits per heavy atom. The number of thiazole rings is 1. The summed E-state index contributed by atoms with van der Waals surface area (Å²) < 4.78 is 0. The molecule has 2 unspecified atom stereocenters. The molecular formula is C7H8N2O2S. The highest BCUT2D eigenvalue weighted by atomic mass is 32.1. The van der Waals surface area contributed by atoms with E-state index < -0.39 is 12.2 Å². The van der Waals surface area contributed by atoms with Crippen LogP contribution in [0.25, 0.3) is 0 Å². The van der Waals surface area contributed by atoms with Crippen LogP contribution in [0.5, 0.6) is 0 Å². The molecule has 1 aromatic rings. The van der Waals surface area contributed by atoms with Gasteiger partial charge in [-0.1, -0.05) is 0 Å². The summed E-state index contributed by atoms with van der Waals surface area (Å²) in [5.74, 6) is 0. The summed E-state index contributed by atoms with van der Waals surface area (Å²) >= 11 is 1.34. The number of nitrogens with zero attached hydrogens (tertiary/aromatic N) is 2. The lowest BCUT2D eigenvalue weighted by Crippen LogP contribution is -2.17. The van der Waals surface area contributed by atoms with E-state index in [-0.39, 0.29) is 6.42 Å². The predicted octanol–water partition coefficient (Wildman–Crippen LogP) is 0.451. The smallest absolute Gasteiger partial charge is 0.124 e. The van der Waals surface area contributed by atoms with Crippen LogP contribution in [0.4, 0.5) is 0 Å². The Balaban J connectivity index is 2.60. The Labute approximate surface area is 73.7 Å². The van der Waals surface area contributed by atoms with Crippen molar-refractivity contribution in [1.82, 2.24) is 4.98 Å². The molecule has 12 heavy (non-hydrogen) atoms. The number of aromatic nitrogens is 1. The van der Waals surface area contributed by atoms with Crippen molar-refractivity contribution in [3.8, 4) is 6.07 Å². The highest BCUT2D eigenvalue weighted by Crippen LogP contribution is 2.17. The van der Waals surface area contributed by atoms with E-state index in [9.17, 15) is 10.2 Å². The number of aliphatic hydroxyl groups is 2. The van der Waals surface area contributed by atoms with Gasteiger partial charge >= 0.3 is 0 Å². The van der Waals surface area contributed by atoms with Crippen LogP contribution in [0.3, 0.4) is 0 Å². The third-order valence-electron chi connectivity index (χ3n) is 1.42. The van der Waals surface area contributed by atoms with Gasteiger partial charge in [-0.3, -0.25) is 0 Å². The quantitative estimate of drug-likeness (QED) is 0.715. The summed E-state index contributed by atoms with van der Waals surface area (Å²) in [7, 11) is 0. The van der Waals surface area contributed by atoms with Crippen molar-refractivity contribution in [2.24, 2.45) is 0 Å². The van der Waals surface area contributed by atoms with Crippen molar-refractivity contribution in [3.63, 3.8) is 0 Å². The van der Waals surface area contributed by atoms with Crippen molar-refractivity contribution in [2.45, 2.75) is 18.6 Å². The third kappa shape index (κ3) is 2.01. The van der Waals surface area contributed by atoms with Gasteiger partial charge in [-0.2, -0.15) is 5.26 Å². The number of nitriles is 1. The van der Waals surface area contributed by atoms with Crippen molar-refractivity contribution in [3.05, 3.63) is 16.6 Å². The van der Waals surface area contributed by atoms with Gasteiger partial charge in [-0.15, -0.1) is 11.3 Å². The maximum atomic E-state index is 9.35. The minimum atomic E-state index is -1.05. The molecule has 0 saturated carbocycles. The molecule has 2 atom stereocenters. The van der Waals surface area contributed by atoms with E-state index in [1.54, 1.807) is 17.0 Å². The van der Waals surface area contributed by atoms with Crippen molar-refractivity contribution >= 4 is 11.3 Å². The van der Waals surface area contributed by atoms with E-state index in [0.717, 1.165) is 0 Å². The second-order valence-corrected chi connectivity index (χ2v) is 3.01. The van der Waals surface area contributed by atoms with Crippen molar-refractivity contribution in [2.75, 3.05) is 0 Å². The van der Waals surface area contributed by atoms with E-state index in [2.05, 4.69) is 4.98 Å². The van der Waals surface area contributed by atoms with Crippen LogP contribution in [0, 0.1) is 11.3 Å². The van der Waals surface area contributed by atoms with Crippen LogP contribution >= 0.6 is 11.3 Å². The van der Waals surface area contributed by atoms with Crippen LogP contribution in [0.2, 0.25) is 0 Å². The van der Waals surface area contributed by atoms with E-state index in [4.69, 9.17) is 5.26 Å². The number of hydrogen-bond donors (Lipinski definition) is 2. The summed E-state index contributed by atoms with van der Waals surface area (Å²) in [4.78, 5) is 3.82. The molecule has 0 spiro atoms. The maximum absolute atomic E-state index is 9.35. The highest BCUT2D eigenvalue weighted by molar-refractivity contribution is 7.07. The Morgan fingerprint density at radius 2 is 2.42 bits per heavy atom. The first-order valence-electron chi connectivity index (χ1n) is 3.37. The molecule has 0 saturated heterocycles. The molecule has 2 N–H and O–H groups in total. The maximum Gasteiger partial charge on any atom is 0.124 e. The van der Waals surface area contributed by atoms with Gasteiger partial charge in [0.15, 0.2) is 0 Å². The molecule has 1 rings (SSSR count). The molecule has 0 radical (unpaired) electrons. The van der Waals surface area contributed by atoms with Gasteiger partial charge in [0.2, 0.25) is 0 Å². The van der Waals surface area contributed by atoms with Crippen molar-refractivity contribution in [1.29, 1.82) is 5.26 Å². The normalized spacial score (nSPS) is 15.1. The minimum Gasteiger partial charge on any atom is -0.389 e. The van der Waals surface area contributed by atoms with Gasteiger partial charge in [0, 0.05) is 5.38 Å². The molecule has 0 aliphatic carbocycles. The van der Waals surface area contributed by atoms with Gasteiger partial charge in [0.05, 0.1) is 29.8 Å². The average molecular weight is 184 g/mol. The molecule has 64 valence electrons. The molecule has 4 nitrogen and oxygen atoms in total. The molecule has 0 amide bonds. The van der Waals surface area contributed by atoms with Crippen molar-refractivity contribution < 1.29 is 10.2 Å². The topological polar surface area (TPSA) is 77.1 Å². The fourth-order valence-electron chi connectivity index (χ4n) is 0.770. The van der Waals surface area contributed by atoms with E-state index in [1.165, 1.54) is 11.3 Å². The molecule has 0 aromatic carbocycles. The Bertz CT molecular complexity index is 267. The predicted molar refractivity (Wildman–Crippen MR) is 43.3 cm³/mol. The summed E-state index contributed by atoms with van der Waals surface area (Å²) in [6.07, 6.45) is -2.17. The van der Waals surface area contributed by atoms with Crippen LogP contribution in [0.15, 0.2) is 10.9 Å². The van der Waals surface area contributed by atoms with Crippen LogP contribution in [0.1, 0.15) is 18.2 Å². The summed E-state index contributed by atoms with van der Waals surface area (Å²) in [5.41, 5.74) is 1.99. The molecule has 0 aliphatic heterocycles. The zero-order chi connectivity index (χ0) is 8.97. The van der Waals surface area contributed by atoms with Gasteiger partial charge < -0.3 is 10.2 Å². The summed E-state index contributed by atoms with van der Waals surface area (Å²) in [6, 6.07) is 1.78. The SMILES string of the molecule is N#CCC(O)C(O)c1cscn1. The highest BCUT2D eigenvalue weighted by Gasteiger charge is 2.19. The van der Waals surface area contributed by atoms with E-state index in [0.29, 0.717) is 5.69 Å². The fourth-order valence-corrected chi connectivity index (χ4v) is 1.35. The third-order valence-corrected chi connectivity index (χ3v) is 2.02. The second kappa shape index (κ2) is 4.16.